The van der Waals surface area contributed by atoms with Gasteiger partial charge in [-0.05, 0) is 68.6 Å². The lowest BCUT2D eigenvalue weighted by atomic mass is 9.93. The van der Waals surface area contributed by atoms with E-state index in [9.17, 15) is 0 Å². The molecule has 2 saturated heterocycles. The summed E-state index contributed by atoms with van der Waals surface area (Å²) in [5.74, 6) is 1.46. The number of ether oxygens (including phenoxy) is 1. The van der Waals surface area contributed by atoms with Crippen molar-refractivity contribution in [3.63, 3.8) is 0 Å². The summed E-state index contributed by atoms with van der Waals surface area (Å²) in [5, 5.41) is 4.20. The lowest BCUT2D eigenvalue weighted by Crippen LogP contribution is -2.37. The normalized spacial score (nSPS) is 17.8. The van der Waals surface area contributed by atoms with Crippen LogP contribution in [0, 0.1) is 11.7 Å². The van der Waals surface area contributed by atoms with Crippen molar-refractivity contribution in [2.24, 2.45) is 5.92 Å². The number of fused-ring (bicyclic) bond motifs is 2. The van der Waals surface area contributed by atoms with Crippen LogP contribution in [-0.2, 0) is 11.2 Å². The zero-order chi connectivity index (χ0) is 22.2. The van der Waals surface area contributed by atoms with E-state index >= 15 is 4.39 Å². The number of pyridine rings is 1. The fraction of sp³-hybridized carbons (Fsp3) is 0.400. The Morgan fingerprint density at radius 1 is 1.00 bits per heavy atom. The first-order valence-electron chi connectivity index (χ1n) is 11.7. The third-order valence-electron chi connectivity index (χ3n) is 6.76. The Morgan fingerprint density at radius 2 is 1.85 bits per heavy atom. The van der Waals surface area contributed by atoms with Gasteiger partial charge >= 0.3 is 0 Å². The molecule has 8 heteroatoms. The van der Waals surface area contributed by atoms with Crippen molar-refractivity contribution in [3.8, 4) is 11.4 Å². The molecule has 0 aliphatic carbocycles. The van der Waals surface area contributed by atoms with Gasteiger partial charge in [0.15, 0.2) is 11.6 Å². The van der Waals surface area contributed by atoms with Gasteiger partial charge in [-0.15, -0.1) is 0 Å². The van der Waals surface area contributed by atoms with E-state index in [1.165, 1.54) is 18.9 Å². The second kappa shape index (κ2) is 8.68. The molecule has 0 amide bonds. The van der Waals surface area contributed by atoms with Crippen molar-refractivity contribution >= 4 is 27.8 Å². The molecule has 3 aromatic heterocycles. The molecule has 0 saturated carbocycles. The van der Waals surface area contributed by atoms with Crippen molar-refractivity contribution in [3.05, 3.63) is 48.0 Å². The number of rotatable bonds is 4. The average Bonchev–Trinajstić information content (AvgIpc) is 3.33. The van der Waals surface area contributed by atoms with Crippen molar-refractivity contribution in [2.45, 2.75) is 19.3 Å². The van der Waals surface area contributed by atoms with Crippen LogP contribution in [0.2, 0.25) is 0 Å². The molecule has 0 bridgehead atoms. The molecule has 0 atom stereocenters. The largest absolute Gasteiger partial charge is 0.378 e. The first kappa shape index (κ1) is 20.5. The zero-order valence-electron chi connectivity index (χ0n) is 18.5. The first-order valence-corrected chi connectivity index (χ1v) is 11.7. The van der Waals surface area contributed by atoms with Gasteiger partial charge in [0.2, 0.25) is 0 Å². The van der Waals surface area contributed by atoms with E-state index in [1.54, 1.807) is 6.07 Å². The molecule has 2 N–H and O–H groups in total. The summed E-state index contributed by atoms with van der Waals surface area (Å²) in [7, 11) is 0. The van der Waals surface area contributed by atoms with E-state index in [2.05, 4.69) is 21.3 Å². The molecule has 170 valence electrons. The number of hydrogen-bond acceptors (Lipinski definition) is 6. The number of aromatic amines is 1. The number of nitrogens with one attached hydrogen (secondary N) is 2. The first-order chi connectivity index (χ1) is 16.3. The van der Waals surface area contributed by atoms with E-state index < -0.39 is 0 Å². The molecule has 7 nitrogen and oxygen atoms in total. The lowest BCUT2D eigenvalue weighted by Gasteiger charge is -2.29. The fourth-order valence-electron chi connectivity index (χ4n) is 4.98. The zero-order valence-corrected chi connectivity index (χ0v) is 18.5. The number of halogens is 1. The molecule has 0 spiro atoms. The molecular formula is C25H27FN6O. The molecule has 2 fully saturated rings. The number of anilines is 1. The van der Waals surface area contributed by atoms with E-state index in [4.69, 9.17) is 19.7 Å². The minimum absolute atomic E-state index is 0.329. The van der Waals surface area contributed by atoms with Gasteiger partial charge in [0, 0.05) is 35.9 Å². The van der Waals surface area contributed by atoms with Gasteiger partial charge in [0.05, 0.1) is 24.3 Å². The highest BCUT2D eigenvalue weighted by molar-refractivity contribution is 5.96. The van der Waals surface area contributed by atoms with E-state index in [0.717, 1.165) is 66.0 Å². The minimum Gasteiger partial charge on any atom is -0.378 e. The van der Waals surface area contributed by atoms with E-state index in [-0.39, 0.29) is 5.82 Å². The van der Waals surface area contributed by atoms with E-state index in [0.29, 0.717) is 30.5 Å². The van der Waals surface area contributed by atoms with Crippen molar-refractivity contribution in [1.82, 2.24) is 25.3 Å². The topological polar surface area (TPSA) is 79.0 Å². The Labute approximate surface area is 191 Å². The number of aromatic nitrogens is 4. The SMILES string of the molecule is Fc1ccc2[nH]ccc2c1-c1nc(N2CCOCC2)c2nc(CC3CCNCC3)ccc2n1. The molecule has 2 aliphatic heterocycles. The predicted octanol–water partition coefficient (Wildman–Crippen LogP) is 3.69. The van der Waals surface area contributed by atoms with Crippen LogP contribution in [0.4, 0.5) is 10.2 Å². The number of hydrogen-bond donors (Lipinski definition) is 2. The van der Waals surface area contributed by atoms with Crippen LogP contribution in [0.5, 0.6) is 0 Å². The van der Waals surface area contributed by atoms with Gasteiger partial charge in [-0.25, -0.2) is 19.3 Å². The summed E-state index contributed by atoms with van der Waals surface area (Å²) in [6, 6.07) is 9.17. The summed E-state index contributed by atoms with van der Waals surface area (Å²) in [6.07, 6.45) is 5.11. The third kappa shape index (κ3) is 3.94. The second-order valence-electron chi connectivity index (χ2n) is 8.90. The van der Waals surface area contributed by atoms with Gasteiger partial charge in [0.25, 0.3) is 0 Å². The fourth-order valence-corrected chi connectivity index (χ4v) is 4.98. The maximum absolute atomic E-state index is 15.0. The number of piperidine rings is 1. The second-order valence-corrected chi connectivity index (χ2v) is 8.90. The molecule has 1 aromatic carbocycles. The van der Waals surface area contributed by atoms with Crippen LogP contribution in [-0.4, -0.2) is 59.3 Å². The standard InChI is InChI=1S/C25H27FN6O/c26-19-2-4-20-18(7-10-28-20)22(19)24-30-21-3-1-17(15-16-5-8-27-9-6-16)29-23(21)25(31-24)32-11-13-33-14-12-32/h1-4,7,10,16,27-28H,5-6,8-9,11-15H2. The molecule has 33 heavy (non-hydrogen) atoms. The predicted molar refractivity (Wildman–Crippen MR) is 127 cm³/mol. The average molecular weight is 447 g/mol. The number of benzene rings is 1. The lowest BCUT2D eigenvalue weighted by molar-refractivity contribution is 0.122. The molecule has 2 aliphatic rings. The van der Waals surface area contributed by atoms with Gasteiger partial charge in [0.1, 0.15) is 11.3 Å². The van der Waals surface area contributed by atoms with Crippen molar-refractivity contribution < 1.29 is 9.13 Å². The molecule has 0 unspecified atom stereocenters. The highest BCUT2D eigenvalue weighted by Gasteiger charge is 2.22. The Kier molecular flexibility index (Phi) is 5.39. The highest BCUT2D eigenvalue weighted by atomic mass is 19.1. The highest BCUT2D eigenvalue weighted by Crippen LogP contribution is 2.33. The van der Waals surface area contributed by atoms with Crippen molar-refractivity contribution in [2.75, 3.05) is 44.3 Å². The number of H-pyrrole nitrogens is 1. The van der Waals surface area contributed by atoms with Crippen LogP contribution in [0.25, 0.3) is 33.3 Å². The minimum atomic E-state index is -0.329. The maximum Gasteiger partial charge on any atom is 0.165 e. The smallest absolute Gasteiger partial charge is 0.165 e. The summed E-state index contributed by atoms with van der Waals surface area (Å²) in [6.45, 7) is 4.86. The Morgan fingerprint density at radius 3 is 2.70 bits per heavy atom. The van der Waals surface area contributed by atoms with Crippen molar-refractivity contribution in [1.29, 1.82) is 0 Å². The van der Waals surface area contributed by atoms with Gasteiger partial charge in [-0.1, -0.05) is 0 Å². The molecule has 4 aromatic rings. The monoisotopic (exact) mass is 446 g/mol. The number of morpholine rings is 1. The van der Waals surface area contributed by atoms with Gasteiger partial charge in [-0.2, -0.15) is 0 Å². The van der Waals surface area contributed by atoms with E-state index in [1.807, 2.05) is 18.3 Å². The van der Waals surface area contributed by atoms with Crippen LogP contribution < -0.4 is 10.2 Å². The third-order valence-corrected chi connectivity index (χ3v) is 6.76. The summed E-state index contributed by atoms with van der Waals surface area (Å²) in [4.78, 5) is 20.1. The van der Waals surface area contributed by atoms with Crippen LogP contribution in [0.3, 0.4) is 0 Å². The Balaban J connectivity index is 1.48. The summed E-state index contributed by atoms with van der Waals surface area (Å²) >= 11 is 0. The number of nitrogens with zero attached hydrogens (tertiary/aromatic N) is 4. The Hall–Kier alpha value is -3.10. The molecule has 5 heterocycles. The summed E-state index contributed by atoms with van der Waals surface area (Å²) < 4.78 is 20.6. The molecule has 6 rings (SSSR count). The van der Waals surface area contributed by atoms with Gasteiger partial charge in [-0.3, -0.25) is 0 Å². The maximum atomic E-state index is 15.0. The van der Waals surface area contributed by atoms with Crippen LogP contribution in [0.1, 0.15) is 18.5 Å². The summed E-state index contributed by atoms with van der Waals surface area (Å²) in [5.41, 5.74) is 3.87. The van der Waals surface area contributed by atoms with Crippen LogP contribution >= 0.6 is 0 Å². The Bertz CT molecular complexity index is 1290. The van der Waals surface area contributed by atoms with Crippen LogP contribution in [0.15, 0.2) is 36.5 Å². The van der Waals surface area contributed by atoms with Gasteiger partial charge < -0.3 is 19.9 Å². The molecule has 0 radical (unpaired) electrons. The quantitative estimate of drug-likeness (QED) is 0.498. The molecular weight excluding hydrogens is 419 g/mol.